The van der Waals surface area contributed by atoms with E-state index in [0.717, 1.165) is 58.0 Å². The first kappa shape index (κ1) is 20.3. The maximum atomic E-state index is 12.3. The number of hydrogen-bond donors (Lipinski definition) is 1. The van der Waals surface area contributed by atoms with E-state index in [1.165, 1.54) is 6.26 Å². The molecule has 1 aliphatic rings. The van der Waals surface area contributed by atoms with Gasteiger partial charge in [0.05, 0.1) is 6.61 Å². The van der Waals surface area contributed by atoms with E-state index in [0.29, 0.717) is 10.5 Å². The Hall–Kier alpha value is -2.02. The Labute approximate surface area is 179 Å². The minimum absolute atomic E-state index is 0.164. The molecule has 0 N–H and O–H groups in total. The van der Waals surface area contributed by atoms with Gasteiger partial charge in [0.2, 0.25) is 0 Å². The van der Waals surface area contributed by atoms with Gasteiger partial charge in [-0.05, 0) is 97.2 Å². The van der Waals surface area contributed by atoms with E-state index in [1.54, 1.807) is 12.1 Å². The molecule has 6 heteroatoms. The fourth-order valence-electron chi connectivity index (χ4n) is 3.52. The van der Waals surface area contributed by atoms with E-state index in [-0.39, 0.29) is 6.29 Å². The second kappa shape index (κ2) is 8.38. The summed E-state index contributed by atoms with van der Waals surface area (Å²) < 4.78 is 24.9. The second-order valence-corrected chi connectivity index (χ2v) is 10.9. The number of thiol groups is 1. The number of carbonyl (C=O) groups excluding carboxylic acids is 1. The number of ether oxygens (including phenoxy) is 2. The predicted octanol–water partition coefficient (Wildman–Crippen LogP) is 5.37. The van der Waals surface area contributed by atoms with E-state index < -0.39 is 9.93 Å². The summed E-state index contributed by atoms with van der Waals surface area (Å²) in [7, 11) is -2.93. The van der Waals surface area contributed by atoms with Crippen LogP contribution in [-0.2, 0) is 19.5 Å². The number of rotatable bonds is 5. The van der Waals surface area contributed by atoms with Crippen LogP contribution >= 0.6 is 15.9 Å². The summed E-state index contributed by atoms with van der Waals surface area (Å²) in [6, 6.07) is 17.5. The molecular formula is C23H23BrO4S. The van der Waals surface area contributed by atoms with Crippen molar-refractivity contribution < 1.29 is 18.5 Å². The van der Waals surface area contributed by atoms with Crippen molar-refractivity contribution in [2.75, 3.05) is 12.9 Å². The molecule has 1 heterocycles. The number of benzene rings is 3. The van der Waals surface area contributed by atoms with E-state index in [2.05, 4.69) is 22.0 Å². The molecule has 0 aliphatic carbocycles. The second-order valence-electron chi connectivity index (χ2n) is 7.37. The van der Waals surface area contributed by atoms with Crippen molar-refractivity contribution in [2.24, 2.45) is 0 Å². The van der Waals surface area contributed by atoms with Crippen molar-refractivity contribution in [3.63, 3.8) is 0 Å². The number of hydrogen-bond acceptors (Lipinski definition) is 4. The van der Waals surface area contributed by atoms with Crippen LogP contribution in [0, 0.1) is 0 Å². The number of halogens is 1. The van der Waals surface area contributed by atoms with Crippen molar-refractivity contribution in [2.45, 2.75) is 30.4 Å². The van der Waals surface area contributed by atoms with Gasteiger partial charge in [0.25, 0.3) is 0 Å². The molecule has 0 radical (unpaired) electrons. The van der Waals surface area contributed by atoms with Crippen LogP contribution < -0.4 is 4.74 Å². The molecule has 0 saturated carbocycles. The normalized spacial score (nSPS) is 17.8. The summed E-state index contributed by atoms with van der Waals surface area (Å²) in [4.78, 5) is 11.6. The van der Waals surface area contributed by atoms with Crippen molar-refractivity contribution in [1.82, 2.24) is 0 Å². The summed E-state index contributed by atoms with van der Waals surface area (Å²) >= 11 is 3.74. The average molecular weight is 475 g/mol. The lowest BCUT2D eigenvalue weighted by molar-refractivity contribution is -0.105. The lowest BCUT2D eigenvalue weighted by Gasteiger charge is -2.23. The van der Waals surface area contributed by atoms with Crippen LogP contribution in [0.25, 0.3) is 21.9 Å². The Bertz CT molecular complexity index is 1090. The molecule has 1 aliphatic heterocycles. The molecule has 1 atom stereocenters. The van der Waals surface area contributed by atoms with Crippen LogP contribution in [0.2, 0.25) is 0 Å². The topological polar surface area (TPSA) is 52.6 Å². The highest BCUT2D eigenvalue weighted by Gasteiger charge is 2.16. The highest BCUT2D eigenvalue weighted by molar-refractivity contribution is 9.10. The molecule has 0 spiro atoms. The van der Waals surface area contributed by atoms with Crippen molar-refractivity contribution >= 4 is 42.3 Å². The maximum absolute atomic E-state index is 12.3. The lowest BCUT2D eigenvalue weighted by Crippen LogP contribution is -2.24. The van der Waals surface area contributed by atoms with Gasteiger partial charge in [-0.15, -0.1) is 0 Å². The monoisotopic (exact) mass is 474 g/mol. The molecule has 29 heavy (non-hydrogen) atoms. The van der Waals surface area contributed by atoms with E-state index in [4.69, 9.17) is 9.47 Å². The van der Waals surface area contributed by atoms with E-state index in [9.17, 15) is 9.00 Å². The molecule has 3 aromatic carbocycles. The van der Waals surface area contributed by atoms with Gasteiger partial charge in [-0.3, -0.25) is 9.00 Å². The van der Waals surface area contributed by atoms with Gasteiger partial charge in [0.15, 0.2) is 11.9 Å². The number of fused-ring (bicyclic) bond motifs is 1. The molecule has 3 aromatic rings. The van der Waals surface area contributed by atoms with Gasteiger partial charge in [-0.25, -0.2) is 0 Å². The van der Waals surface area contributed by atoms with Crippen LogP contribution in [0.15, 0.2) is 64.0 Å². The van der Waals surface area contributed by atoms with Crippen LogP contribution in [0.1, 0.15) is 19.3 Å². The predicted molar refractivity (Wildman–Crippen MR) is 122 cm³/mol. The summed E-state index contributed by atoms with van der Waals surface area (Å²) in [5, 5.41) is 2.15. The molecule has 0 amide bonds. The highest BCUT2D eigenvalue weighted by Crippen LogP contribution is 2.36. The Balaban J connectivity index is 1.63. The molecule has 1 fully saturated rings. The third-order valence-electron chi connectivity index (χ3n) is 5.22. The third kappa shape index (κ3) is 4.29. The first-order valence-electron chi connectivity index (χ1n) is 9.63. The minimum Gasteiger partial charge on any atom is -0.465 e. The smallest absolute Gasteiger partial charge is 0.199 e. The molecule has 4 rings (SSSR count). The van der Waals surface area contributed by atoms with Gasteiger partial charge >= 0.3 is 0 Å². The fraction of sp³-hybridized carbons (Fsp3) is 0.261. The van der Waals surface area contributed by atoms with Gasteiger partial charge in [-0.1, -0.05) is 24.3 Å². The van der Waals surface area contributed by atoms with Crippen molar-refractivity contribution in [3.05, 3.63) is 59.1 Å². The summed E-state index contributed by atoms with van der Waals surface area (Å²) in [5.74, 6) is 0.806. The van der Waals surface area contributed by atoms with Crippen LogP contribution in [0.4, 0.5) is 0 Å². The largest absolute Gasteiger partial charge is 0.465 e. The van der Waals surface area contributed by atoms with E-state index >= 15 is 0 Å². The van der Waals surface area contributed by atoms with Crippen LogP contribution in [0.5, 0.6) is 5.75 Å². The quantitative estimate of drug-likeness (QED) is 0.398. The zero-order valence-electron chi connectivity index (χ0n) is 16.1. The molecule has 152 valence electrons. The Kier molecular flexibility index (Phi) is 5.86. The zero-order chi connectivity index (χ0) is 20.4. The van der Waals surface area contributed by atoms with E-state index in [1.807, 2.05) is 36.4 Å². The van der Waals surface area contributed by atoms with Crippen LogP contribution in [0.3, 0.4) is 0 Å². The third-order valence-corrected chi connectivity index (χ3v) is 7.80. The lowest BCUT2D eigenvalue weighted by atomic mass is 10.0. The maximum Gasteiger partial charge on any atom is 0.199 e. The average Bonchev–Trinajstić information content (AvgIpc) is 2.75. The van der Waals surface area contributed by atoms with Crippen LogP contribution in [-0.4, -0.2) is 29.0 Å². The summed E-state index contributed by atoms with van der Waals surface area (Å²) in [5.41, 5.74) is 2.57. The van der Waals surface area contributed by atoms with Gasteiger partial charge in [0, 0.05) is 15.8 Å². The fourth-order valence-corrected chi connectivity index (χ4v) is 5.10. The molecule has 1 saturated heterocycles. The van der Waals surface area contributed by atoms with Crippen molar-refractivity contribution in [3.8, 4) is 16.9 Å². The first-order valence-corrected chi connectivity index (χ1v) is 12.6. The summed E-state index contributed by atoms with van der Waals surface area (Å²) in [6.45, 7) is 0.756. The van der Waals surface area contributed by atoms with Gasteiger partial charge in [0.1, 0.15) is 5.75 Å². The standard InChI is InChI=1S/C23H23BrO4S/c1-29(26,15-25)19-9-5-16(6-10-19)20-11-7-17-14-18(8-12-21(17)23(20)24)28-22-4-2-3-13-27-22/h5-12,14-15,22,29H,2-4,13H2,1H3. The first-order chi connectivity index (χ1) is 14.0. The SMILES string of the molecule is C[SH](=O)(C=O)c1ccc(-c2ccc3cc(OC4CCCCO4)ccc3c2Br)cc1. The Morgan fingerprint density at radius 2 is 1.90 bits per heavy atom. The molecule has 1 unspecified atom stereocenters. The van der Waals surface area contributed by atoms with Gasteiger partial charge < -0.3 is 9.47 Å². The molecule has 0 bridgehead atoms. The molecule has 4 nitrogen and oxygen atoms in total. The molecule has 0 aromatic heterocycles. The Morgan fingerprint density at radius 3 is 2.59 bits per heavy atom. The minimum atomic E-state index is -2.93. The number of carbonyl (C=O) groups is 1. The van der Waals surface area contributed by atoms with Gasteiger partial charge in [-0.2, -0.15) is 0 Å². The highest BCUT2D eigenvalue weighted by atomic mass is 79.9. The zero-order valence-corrected chi connectivity index (χ0v) is 18.6. The molecular weight excluding hydrogens is 452 g/mol. The Morgan fingerprint density at radius 1 is 1.10 bits per heavy atom. The summed E-state index contributed by atoms with van der Waals surface area (Å²) in [6.07, 6.45) is 4.47. The van der Waals surface area contributed by atoms with Crippen molar-refractivity contribution in [1.29, 1.82) is 0 Å².